The van der Waals surface area contributed by atoms with Gasteiger partial charge in [0.2, 0.25) is 0 Å². The highest BCUT2D eigenvalue weighted by molar-refractivity contribution is 6.06. The molecule has 2 aliphatic heterocycles. The van der Waals surface area contributed by atoms with Crippen molar-refractivity contribution in [1.29, 1.82) is 0 Å². The molecule has 30 heavy (non-hydrogen) atoms. The molecular formula is C24H21N3O3. The van der Waals surface area contributed by atoms with Crippen LogP contribution in [0.3, 0.4) is 0 Å². The van der Waals surface area contributed by atoms with Crippen LogP contribution in [0.25, 0.3) is 0 Å². The van der Waals surface area contributed by atoms with E-state index < -0.39 is 0 Å². The van der Waals surface area contributed by atoms with Crippen molar-refractivity contribution in [2.24, 2.45) is 0 Å². The number of benzene rings is 3. The van der Waals surface area contributed by atoms with E-state index in [0.29, 0.717) is 17.0 Å². The molecule has 0 spiro atoms. The number of carbonyl (C=O) groups excluding carboxylic acids is 2. The van der Waals surface area contributed by atoms with Crippen LogP contribution in [0.2, 0.25) is 0 Å². The summed E-state index contributed by atoms with van der Waals surface area (Å²) in [6.45, 7) is 1.68. The molecular weight excluding hydrogens is 378 g/mol. The van der Waals surface area contributed by atoms with Crippen LogP contribution in [0, 0.1) is 0 Å². The van der Waals surface area contributed by atoms with Gasteiger partial charge in [-0.2, -0.15) is 0 Å². The summed E-state index contributed by atoms with van der Waals surface area (Å²) in [6.07, 6.45) is 1.04. The summed E-state index contributed by atoms with van der Waals surface area (Å²) >= 11 is 0. The number of amides is 2. The largest absolute Gasteiger partial charge is 0.482 e. The highest BCUT2D eigenvalue weighted by Gasteiger charge is 2.21. The zero-order chi connectivity index (χ0) is 20.5. The zero-order valence-corrected chi connectivity index (χ0v) is 16.4. The van der Waals surface area contributed by atoms with Crippen molar-refractivity contribution in [2.45, 2.75) is 13.0 Å². The van der Waals surface area contributed by atoms with Crippen molar-refractivity contribution in [1.82, 2.24) is 0 Å². The molecule has 0 bridgehead atoms. The lowest BCUT2D eigenvalue weighted by molar-refractivity contribution is -0.118. The van der Waals surface area contributed by atoms with E-state index in [9.17, 15) is 9.59 Å². The van der Waals surface area contributed by atoms with E-state index in [1.807, 2.05) is 24.3 Å². The SMILES string of the molecule is O=C1COc2ccc(C(=O)Nc3ccccc3CN3CCc4ccccc43)cc2N1. The molecule has 3 aromatic rings. The van der Waals surface area contributed by atoms with Crippen molar-refractivity contribution >= 4 is 28.9 Å². The van der Waals surface area contributed by atoms with Gasteiger partial charge in [-0.3, -0.25) is 9.59 Å². The maximum atomic E-state index is 12.9. The maximum absolute atomic E-state index is 12.9. The number of hydrogen-bond acceptors (Lipinski definition) is 4. The van der Waals surface area contributed by atoms with E-state index in [1.165, 1.54) is 11.3 Å². The Bertz CT molecular complexity index is 1140. The van der Waals surface area contributed by atoms with Gasteiger partial charge in [0.1, 0.15) is 5.75 Å². The first kappa shape index (κ1) is 18.2. The summed E-state index contributed by atoms with van der Waals surface area (Å²) in [6, 6.07) is 21.3. The molecule has 0 fully saturated rings. The smallest absolute Gasteiger partial charge is 0.262 e. The summed E-state index contributed by atoms with van der Waals surface area (Å²) < 4.78 is 5.36. The highest BCUT2D eigenvalue weighted by Crippen LogP contribution is 2.31. The second kappa shape index (κ2) is 7.55. The number of anilines is 3. The van der Waals surface area contributed by atoms with Crippen LogP contribution in [-0.4, -0.2) is 25.0 Å². The molecule has 2 heterocycles. The van der Waals surface area contributed by atoms with E-state index in [-0.39, 0.29) is 18.4 Å². The molecule has 0 saturated heterocycles. The van der Waals surface area contributed by atoms with Gasteiger partial charge in [0.15, 0.2) is 6.61 Å². The minimum atomic E-state index is -0.230. The van der Waals surface area contributed by atoms with Crippen LogP contribution in [0.4, 0.5) is 17.1 Å². The number of hydrogen-bond donors (Lipinski definition) is 2. The lowest BCUT2D eigenvalue weighted by atomic mass is 10.1. The number of carbonyl (C=O) groups is 2. The van der Waals surface area contributed by atoms with Crippen LogP contribution < -0.4 is 20.3 Å². The molecule has 0 atom stereocenters. The maximum Gasteiger partial charge on any atom is 0.262 e. The minimum Gasteiger partial charge on any atom is -0.482 e. The number of nitrogens with one attached hydrogen (secondary N) is 2. The molecule has 2 amide bonds. The second-order valence-electron chi connectivity index (χ2n) is 7.46. The fraction of sp³-hybridized carbons (Fsp3) is 0.167. The number of para-hydroxylation sites is 2. The topological polar surface area (TPSA) is 70.7 Å². The first-order valence-electron chi connectivity index (χ1n) is 9.96. The molecule has 0 radical (unpaired) electrons. The van der Waals surface area contributed by atoms with E-state index >= 15 is 0 Å². The van der Waals surface area contributed by atoms with Gasteiger partial charge in [-0.1, -0.05) is 36.4 Å². The number of nitrogens with zero attached hydrogens (tertiary/aromatic N) is 1. The molecule has 0 aromatic heterocycles. The van der Waals surface area contributed by atoms with E-state index in [0.717, 1.165) is 30.8 Å². The minimum absolute atomic E-state index is 0.00839. The predicted octanol–water partition coefficient (Wildman–Crippen LogP) is 3.83. The molecule has 0 unspecified atom stereocenters. The van der Waals surface area contributed by atoms with Crippen molar-refractivity contribution < 1.29 is 14.3 Å². The lowest BCUT2D eigenvalue weighted by Gasteiger charge is -2.22. The van der Waals surface area contributed by atoms with Crippen LogP contribution in [-0.2, 0) is 17.8 Å². The average molecular weight is 399 g/mol. The van der Waals surface area contributed by atoms with Crippen LogP contribution in [0.15, 0.2) is 66.7 Å². The molecule has 6 heteroatoms. The third-order valence-electron chi connectivity index (χ3n) is 5.48. The van der Waals surface area contributed by atoms with Crippen molar-refractivity contribution in [3.8, 4) is 5.75 Å². The summed E-state index contributed by atoms with van der Waals surface area (Å²) in [5.41, 5.74) is 5.42. The Hall–Kier alpha value is -3.80. The second-order valence-corrected chi connectivity index (χ2v) is 7.46. The fourth-order valence-electron chi connectivity index (χ4n) is 3.98. The Morgan fingerprint density at radius 2 is 1.90 bits per heavy atom. The number of rotatable bonds is 4. The summed E-state index contributed by atoms with van der Waals surface area (Å²) in [7, 11) is 0. The molecule has 3 aromatic carbocycles. The summed E-state index contributed by atoms with van der Waals surface area (Å²) in [4.78, 5) is 26.8. The van der Waals surface area contributed by atoms with Crippen molar-refractivity contribution in [3.05, 3.63) is 83.4 Å². The van der Waals surface area contributed by atoms with E-state index in [1.54, 1.807) is 18.2 Å². The van der Waals surface area contributed by atoms with E-state index in [2.05, 4.69) is 39.8 Å². The fourth-order valence-corrected chi connectivity index (χ4v) is 3.98. The molecule has 0 aliphatic carbocycles. The van der Waals surface area contributed by atoms with Gasteiger partial charge in [-0.15, -0.1) is 0 Å². The van der Waals surface area contributed by atoms with Gasteiger partial charge >= 0.3 is 0 Å². The summed E-state index contributed by atoms with van der Waals surface area (Å²) in [5, 5.41) is 5.76. The van der Waals surface area contributed by atoms with Gasteiger partial charge in [-0.05, 0) is 47.9 Å². The van der Waals surface area contributed by atoms with Gasteiger partial charge in [0.05, 0.1) is 5.69 Å². The van der Waals surface area contributed by atoms with Crippen molar-refractivity contribution in [2.75, 3.05) is 28.7 Å². The predicted molar refractivity (Wildman–Crippen MR) is 116 cm³/mol. The highest BCUT2D eigenvalue weighted by atomic mass is 16.5. The monoisotopic (exact) mass is 399 g/mol. The van der Waals surface area contributed by atoms with Gasteiger partial charge in [0.25, 0.3) is 11.8 Å². The summed E-state index contributed by atoms with van der Waals surface area (Å²) in [5.74, 6) is 0.113. The quantitative estimate of drug-likeness (QED) is 0.700. The van der Waals surface area contributed by atoms with Crippen LogP contribution >= 0.6 is 0 Å². The molecule has 0 saturated carbocycles. The van der Waals surface area contributed by atoms with E-state index in [4.69, 9.17) is 4.74 Å². The standard InChI is InChI=1S/C24H21N3O3/c28-23-15-30-22-10-9-17(13-20(22)25-23)24(29)26-19-7-3-1-6-18(19)14-27-12-11-16-5-2-4-8-21(16)27/h1-10,13H,11-12,14-15H2,(H,25,28)(H,26,29). The Morgan fingerprint density at radius 3 is 2.83 bits per heavy atom. The first-order valence-corrected chi connectivity index (χ1v) is 9.96. The third-order valence-corrected chi connectivity index (χ3v) is 5.48. The number of ether oxygens (including phenoxy) is 1. The van der Waals surface area contributed by atoms with Crippen molar-refractivity contribution in [3.63, 3.8) is 0 Å². The van der Waals surface area contributed by atoms with Crippen LogP contribution in [0.1, 0.15) is 21.5 Å². The zero-order valence-electron chi connectivity index (χ0n) is 16.4. The molecule has 5 rings (SSSR count). The van der Waals surface area contributed by atoms with Gasteiger partial charge < -0.3 is 20.3 Å². The normalized spacial score (nSPS) is 14.4. The molecule has 2 N–H and O–H groups in total. The molecule has 6 nitrogen and oxygen atoms in total. The Kier molecular flexibility index (Phi) is 4.59. The third kappa shape index (κ3) is 3.48. The molecule has 150 valence electrons. The Balaban J connectivity index is 1.36. The Labute approximate surface area is 174 Å². The first-order chi connectivity index (χ1) is 14.7. The molecule has 2 aliphatic rings. The average Bonchev–Trinajstić information content (AvgIpc) is 3.17. The van der Waals surface area contributed by atoms with Gasteiger partial charge in [-0.25, -0.2) is 0 Å². The Morgan fingerprint density at radius 1 is 1.07 bits per heavy atom. The van der Waals surface area contributed by atoms with Gasteiger partial charge in [0, 0.05) is 30.0 Å². The van der Waals surface area contributed by atoms with Crippen LogP contribution in [0.5, 0.6) is 5.75 Å². The lowest BCUT2D eigenvalue weighted by Crippen LogP contribution is -2.26. The number of fused-ring (bicyclic) bond motifs is 2.